The van der Waals surface area contributed by atoms with E-state index >= 15 is 0 Å². The van der Waals surface area contributed by atoms with Crippen LogP contribution in [0.1, 0.15) is 70.1 Å². The number of ketones is 1. The van der Waals surface area contributed by atoms with Crippen molar-refractivity contribution < 1.29 is 19.4 Å². The summed E-state index contributed by atoms with van der Waals surface area (Å²) in [7, 11) is 0. The second kappa shape index (κ2) is 9.31. The number of benzene rings is 3. The van der Waals surface area contributed by atoms with Gasteiger partial charge in [0.15, 0.2) is 11.5 Å². The topological polar surface area (TPSA) is 66.8 Å². The first-order valence-corrected chi connectivity index (χ1v) is 12.7. The third kappa shape index (κ3) is 4.14. The fourth-order valence-corrected chi connectivity index (χ4v) is 5.21. The Balaban J connectivity index is 1.73. The third-order valence-electron chi connectivity index (χ3n) is 7.43. The van der Waals surface area contributed by atoms with E-state index in [1.54, 1.807) is 41.3 Å². The van der Waals surface area contributed by atoms with E-state index in [4.69, 9.17) is 27.9 Å². The summed E-state index contributed by atoms with van der Waals surface area (Å²) in [5, 5.41) is 11.2. The van der Waals surface area contributed by atoms with E-state index in [1.165, 1.54) is 6.92 Å². The Bertz CT molecular complexity index is 1320. The summed E-state index contributed by atoms with van der Waals surface area (Å²) in [5.41, 5.74) is 1.57. The SMILES string of the molecule is CC(=O)c1ccc2c(c1)C(=O)N([C@@H](C)c1ccc(Cl)cc1)[C@@]2(OCC1(CO)CC1)c1ccc(Cl)cc1. The zero-order valence-corrected chi connectivity index (χ0v) is 21.6. The van der Waals surface area contributed by atoms with E-state index in [0.717, 1.165) is 24.0 Å². The molecule has 0 saturated heterocycles. The molecule has 0 spiro atoms. The summed E-state index contributed by atoms with van der Waals surface area (Å²) < 4.78 is 6.80. The first kappa shape index (κ1) is 25.0. The molecule has 5 nitrogen and oxygen atoms in total. The Morgan fingerprint density at radius 3 is 2.19 bits per heavy atom. The Morgan fingerprint density at radius 2 is 1.64 bits per heavy atom. The van der Waals surface area contributed by atoms with Crippen LogP contribution in [0.5, 0.6) is 0 Å². The Morgan fingerprint density at radius 1 is 1.03 bits per heavy atom. The molecule has 186 valence electrons. The molecule has 1 saturated carbocycles. The molecule has 1 aliphatic heterocycles. The summed E-state index contributed by atoms with van der Waals surface area (Å²) in [6.45, 7) is 3.72. The summed E-state index contributed by atoms with van der Waals surface area (Å²) >= 11 is 12.4. The minimum atomic E-state index is -1.28. The van der Waals surface area contributed by atoms with Crippen molar-refractivity contribution in [1.82, 2.24) is 4.90 Å². The maximum atomic E-state index is 14.2. The second-order valence-corrected chi connectivity index (χ2v) is 10.7. The number of halogens is 2. The van der Waals surface area contributed by atoms with Crippen LogP contribution in [0.25, 0.3) is 0 Å². The van der Waals surface area contributed by atoms with Gasteiger partial charge in [-0.15, -0.1) is 0 Å². The molecule has 1 N–H and O–H groups in total. The number of Topliss-reactive ketones (excluding diaryl/α,β-unsaturated/α-hetero) is 1. The molecule has 3 aromatic carbocycles. The standard InChI is InChI=1S/C29H27Cl2NO4/c1-18(20-3-8-23(30)9-4-20)32-27(35)25-15-21(19(2)34)5-12-26(25)29(32,22-6-10-24(31)11-7-22)36-17-28(16-33)13-14-28/h3-12,15,18,33H,13-14,16-17H2,1-2H3/t18-,29+/m0/s1. The van der Waals surface area contributed by atoms with E-state index in [-0.39, 0.29) is 30.3 Å². The summed E-state index contributed by atoms with van der Waals surface area (Å²) in [4.78, 5) is 28.1. The number of amides is 1. The number of carbonyl (C=O) groups excluding carboxylic acids is 2. The van der Waals surface area contributed by atoms with Gasteiger partial charge in [0.25, 0.3) is 5.91 Å². The zero-order chi connectivity index (χ0) is 25.7. The fraction of sp³-hybridized carbons (Fsp3) is 0.310. The van der Waals surface area contributed by atoms with Crippen LogP contribution >= 0.6 is 23.2 Å². The Kier molecular flexibility index (Phi) is 6.46. The number of aliphatic hydroxyl groups is 1. The van der Waals surface area contributed by atoms with Gasteiger partial charge in [-0.3, -0.25) is 14.5 Å². The van der Waals surface area contributed by atoms with Crippen molar-refractivity contribution in [3.05, 3.63) is 105 Å². The highest BCUT2D eigenvalue weighted by atomic mass is 35.5. The highest BCUT2D eigenvalue weighted by Gasteiger charge is 2.56. The molecule has 1 heterocycles. The molecule has 1 amide bonds. The van der Waals surface area contributed by atoms with Gasteiger partial charge in [0.2, 0.25) is 0 Å². The third-order valence-corrected chi connectivity index (χ3v) is 7.94. The number of fused-ring (bicyclic) bond motifs is 1. The van der Waals surface area contributed by atoms with Crippen molar-refractivity contribution in [3.8, 4) is 0 Å². The number of rotatable bonds is 8. The van der Waals surface area contributed by atoms with Gasteiger partial charge < -0.3 is 9.84 Å². The number of nitrogens with zero attached hydrogens (tertiary/aromatic N) is 1. The van der Waals surface area contributed by atoms with Gasteiger partial charge in [-0.05, 0) is 62.6 Å². The molecule has 2 atom stereocenters. The van der Waals surface area contributed by atoms with Crippen molar-refractivity contribution >= 4 is 34.9 Å². The Labute approximate surface area is 220 Å². The van der Waals surface area contributed by atoms with Gasteiger partial charge in [0.05, 0.1) is 19.3 Å². The highest BCUT2D eigenvalue weighted by Crippen LogP contribution is 2.53. The van der Waals surface area contributed by atoms with Gasteiger partial charge in [-0.1, -0.05) is 59.6 Å². The maximum absolute atomic E-state index is 14.2. The predicted molar refractivity (Wildman–Crippen MR) is 139 cm³/mol. The molecule has 36 heavy (non-hydrogen) atoms. The highest BCUT2D eigenvalue weighted by molar-refractivity contribution is 6.30. The van der Waals surface area contributed by atoms with Crippen LogP contribution in [-0.4, -0.2) is 34.9 Å². The molecule has 0 radical (unpaired) electrons. The first-order chi connectivity index (χ1) is 17.2. The minimum absolute atomic E-state index is 0.0144. The van der Waals surface area contributed by atoms with Crippen LogP contribution in [0.4, 0.5) is 0 Å². The normalized spacial score (nSPS) is 20.8. The van der Waals surface area contributed by atoms with E-state index in [2.05, 4.69) is 0 Å². The van der Waals surface area contributed by atoms with Crippen LogP contribution in [0.15, 0.2) is 66.7 Å². The average Bonchev–Trinajstić information content (AvgIpc) is 3.62. The van der Waals surface area contributed by atoms with Crippen LogP contribution in [0.3, 0.4) is 0 Å². The van der Waals surface area contributed by atoms with E-state index < -0.39 is 11.8 Å². The minimum Gasteiger partial charge on any atom is -0.396 e. The molecule has 1 aliphatic carbocycles. The van der Waals surface area contributed by atoms with Crippen molar-refractivity contribution in [3.63, 3.8) is 0 Å². The molecular formula is C29H27Cl2NO4. The molecule has 3 aromatic rings. The maximum Gasteiger partial charge on any atom is 0.257 e. The molecule has 0 bridgehead atoms. The largest absolute Gasteiger partial charge is 0.396 e. The van der Waals surface area contributed by atoms with Crippen molar-refractivity contribution in [2.45, 2.75) is 38.5 Å². The molecule has 0 unspecified atom stereocenters. The van der Waals surface area contributed by atoms with E-state index in [1.807, 2.05) is 37.3 Å². The summed E-state index contributed by atoms with van der Waals surface area (Å²) in [5.74, 6) is -0.357. The monoisotopic (exact) mass is 523 g/mol. The molecule has 5 rings (SSSR count). The molecule has 0 aromatic heterocycles. The fourth-order valence-electron chi connectivity index (χ4n) is 4.96. The van der Waals surface area contributed by atoms with Crippen molar-refractivity contribution in [2.24, 2.45) is 5.41 Å². The Hall–Kier alpha value is -2.70. The van der Waals surface area contributed by atoms with Gasteiger partial charge in [0.1, 0.15) is 0 Å². The lowest BCUT2D eigenvalue weighted by molar-refractivity contribution is -0.137. The second-order valence-electron chi connectivity index (χ2n) is 9.82. The van der Waals surface area contributed by atoms with Gasteiger partial charge in [0, 0.05) is 37.7 Å². The average molecular weight is 524 g/mol. The summed E-state index contributed by atoms with van der Waals surface area (Å²) in [6.07, 6.45) is 1.72. The lowest BCUT2D eigenvalue weighted by Crippen LogP contribution is -2.49. The lowest BCUT2D eigenvalue weighted by Gasteiger charge is -2.43. The van der Waals surface area contributed by atoms with Crippen LogP contribution in [-0.2, 0) is 10.5 Å². The lowest BCUT2D eigenvalue weighted by atomic mass is 9.90. The number of hydrogen-bond donors (Lipinski definition) is 1. The molecule has 1 fully saturated rings. The number of aliphatic hydroxyl groups excluding tert-OH is 1. The van der Waals surface area contributed by atoms with Crippen molar-refractivity contribution in [1.29, 1.82) is 0 Å². The quantitative estimate of drug-likeness (QED) is 0.346. The van der Waals surface area contributed by atoms with E-state index in [0.29, 0.717) is 26.7 Å². The molecular weight excluding hydrogens is 497 g/mol. The van der Waals surface area contributed by atoms with Crippen LogP contribution in [0, 0.1) is 5.41 Å². The predicted octanol–water partition coefficient (Wildman–Crippen LogP) is 6.40. The first-order valence-electron chi connectivity index (χ1n) is 12.0. The van der Waals surface area contributed by atoms with E-state index in [9.17, 15) is 14.7 Å². The zero-order valence-electron chi connectivity index (χ0n) is 20.1. The van der Waals surface area contributed by atoms with Gasteiger partial charge in [-0.25, -0.2) is 0 Å². The van der Waals surface area contributed by atoms with Gasteiger partial charge in [-0.2, -0.15) is 0 Å². The smallest absolute Gasteiger partial charge is 0.257 e. The summed E-state index contributed by atoms with van der Waals surface area (Å²) in [6, 6.07) is 19.5. The van der Waals surface area contributed by atoms with Crippen LogP contribution < -0.4 is 0 Å². The number of ether oxygens (including phenoxy) is 1. The van der Waals surface area contributed by atoms with Crippen LogP contribution in [0.2, 0.25) is 10.0 Å². The van der Waals surface area contributed by atoms with Gasteiger partial charge >= 0.3 is 0 Å². The number of hydrogen-bond acceptors (Lipinski definition) is 4. The molecule has 2 aliphatic rings. The number of carbonyl (C=O) groups is 2. The van der Waals surface area contributed by atoms with Crippen molar-refractivity contribution in [2.75, 3.05) is 13.2 Å². The molecule has 7 heteroatoms.